The Morgan fingerprint density at radius 2 is 1.78 bits per heavy atom. The average molecular weight is 330 g/mol. The summed E-state index contributed by atoms with van der Waals surface area (Å²) in [6.07, 6.45) is 0.697. The van der Waals surface area contributed by atoms with Gasteiger partial charge in [-0.2, -0.15) is 0 Å². The Balaban J connectivity index is 2.00. The van der Waals surface area contributed by atoms with Crippen molar-refractivity contribution in [2.24, 2.45) is 5.92 Å². The van der Waals surface area contributed by atoms with E-state index in [4.69, 9.17) is 9.47 Å². The molecule has 0 radical (unpaired) electrons. The standard InChI is InChI=1S/C19H22O3S/c1-3-22-19(20)16(13-15-7-5-4-6-8-15)14-23-18-11-9-17(21-2)10-12-18/h4-12,16H,3,13-14H2,1-2H3. The zero-order valence-corrected chi connectivity index (χ0v) is 14.3. The number of ether oxygens (including phenoxy) is 2. The number of thioether (sulfide) groups is 1. The van der Waals surface area contributed by atoms with E-state index in [0.717, 1.165) is 16.2 Å². The molecule has 2 rings (SSSR count). The highest BCUT2D eigenvalue weighted by molar-refractivity contribution is 7.99. The zero-order chi connectivity index (χ0) is 16.5. The van der Waals surface area contributed by atoms with Crippen LogP contribution in [0.5, 0.6) is 5.75 Å². The van der Waals surface area contributed by atoms with Crippen molar-refractivity contribution in [1.29, 1.82) is 0 Å². The molecule has 0 aliphatic carbocycles. The van der Waals surface area contributed by atoms with Gasteiger partial charge in [0.25, 0.3) is 0 Å². The number of carbonyl (C=O) groups excluding carboxylic acids is 1. The zero-order valence-electron chi connectivity index (χ0n) is 13.5. The van der Waals surface area contributed by atoms with E-state index in [1.165, 1.54) is 0 Å². The lowest BCUT2D eigenvalue weighted by Gasteiger charge is -2.15. The van der Waals surface area contributed by atoms with Crippen LogP contribution in [0.15, 0.2) is 59.5 Å². The number of rotatable bonds is 8. The highest BCUT2D eigenvalue weighted by atomic mass is 32.2. The smallest absolute Gasteiger partial charge is 0.310 e. The van der Waals surface area contributed by atoms with Gasteiger partial charge in [-0.05, 0) is 43.2 Å². The maximum Gasteiger partial charge on any atom is 0.310 e. The Hall–Kier alpha value is -1.94. The highest BCUT2D eigenvalue weighted by Gasteiger charge is 2.20. The summed E-state index contributed by atoms with van der Waals surface area (Å²) in [5, 5.41) is 0. The third-order valence-corrected chi connectivity index (χ3v) is 4.63. The molecule has 0 bridgehead atoms. The molecule has 1 atom stereocenters. The number of carbonyl (C=O) groups is 1. The van der Waals surface area contributed by atoms with Crippen molar-refractivity contribution >= 4 is 17.7 Å². The molecule has 0 saturated carbocycles. The van der Waals surface area contributed by atoms with Crippen LogP contribution in [0.1, 0.15) is 12.5 Å². The number of benzene rings is 2. The second kappa shape index (κ2) is 9.26. The van der Waals surface area contributed by atoms with Crippen LogP contribution >= 0.6 is 11.8 Å². The van der Waals surface area contributed by atoms with Crippen LogP contribution < -0.4 is 4.74 Å². The van der Waals surface area contributed by atoms with E-state index in [1.807, 2.05) is 61.5 Å². The second-order valence-corrected chi connectivity index (χ2v) is 6.22. The molecule has 0 amide bonds. The lowest BCUT2D eigenvalue weighted by atomic mass is 10.0. The molecule has 0 saturated heterocycles. The predicted octanol–water partition coefficient (Wildman–Crippen LogP) is 4.21. The maximum absolute atomic E-state index is 12.2. The van der Waals surface area contributed by atoms with Crippen molar-refractivity contribution in [1.82, 2.24) is 0 Å². The molecule has 0 heterocycles. The van der Waals surface area contributed by atoms with Gasteiger partial charge in [-0.1, -0.05) is 30.3 Å². The van der Waals surface area contributed by atoms with Crippen molar-refractivity contribution in [3.8, 4) is 5.75 Å². The van der Waals surface area contributed by atoms with E-state index in [1.54, 1.807) is 18.9 Å². The summed E-state index contributed by atoms with van der Waals surface area (Å²) in [6, 6.07) is 17.9. The largest absolute Gasteiger partial charge is 0.497 e. The molecule has 122 valence electrons. The molecular formula is C19H22O3S. The van der Waals surface area contributed by atoms with E-state index in [0.29, 0.717) is 18.8 Å². The molecular weight excluding hydrogens is 308 g/mol. The van der Waals surface area contributed by atoms with Crippen LogP contribution in [0, 0.1) is 5.92 Å². The minimum Gasteiger partial charge on any atom is -0.497 e. The van der Waals surface area contributed by atoms with Crippen molar-refractivity contribution in [3.05, 3.63) is 60.2 Å². The monoisotopic (exact) mass is 330 g/mol. The van der Waals surface area contributed by atoms with Crippen LogP contribution in [0.25, 0.3) is 0 Å². The normalized spacial score (nSPS) is 11.7. The fraction of sp³-hybridized carbons (Fsp3) is 0.316. The number of methoxy groups -OCH3 is 1. The van der Waals surface area contributed by atoms with Crippen molar-refractivity contribution < 1.29 is 14.3 Å². The van der Waals surface area contributed by atoms with E-state index in [2.05, 4.69) is 0 Å². The molecule has 1 unspecified atom stereocenters. The van der Waals surface area contributed by atoms with E-state index in [9.17, 15) is 4.79 Å². The molecule has 0 fully saturated rings. The molecule has 3 nitrogen and oxygen atoms in total. The summed E-state index contributed by atoms with van der Waals surface area (Å²) in [6.45, 7) is 2.26. The average Bonchev–Trinajstić information content (AvgIpc) is 2.60. The third kappa shape index (κ3) is 5.64. The van der Waals surface area contributed by atoms with Gasteiger partial charge in [0.05, 0.1) is 19.6 Å². The fourth-order valence-corrected chi connectivity index (χ4v) is 3.21. The van der Waals surface area contributed by atoms with Gasteiger partial charge in [0, 0.05) is 10.6 Å². The molecule has 0 aromatic heterocycles. The summed E-state index contributed by atoms with van der Waals surface area (Å²) in [5.74, 6) is 1.25. The quantitative estimate of drug-likeness (QED) is 0.536. The van der Waals surface area contributed by atoms with Gasteiger partial charge in [-0.25, -0.2) is 0 Å². The van der Waals surface area contributed by atoms with Gasteiger partial charge in [-0.15, -0.1) is 11.8 Å². The van der Waals surface area contributed by atoms with E-state index < -0.39 is 0 Å². The molecule has 4 heteroatoms. The predicted molar refractivity (Wildman–Crippen MR) is 94.0 cm³/mol. The number of hydrogen-bond donors (Lipinski definition) is 0. The topological polar surface area (TPSA) is 35.5 Å². The van der Waals surface area contributed by atoms with Gasteiger partial charge in [-0.3, -0.25) is 4.79 Å². The first-order valence-corrected chi connectivity index (χ1v) is 8.69. The molecule has 0 aliphatic rings. The Morgan fingerprint density at radius 3 is 2.39 bits per heavy atom. The Kier molecular flexibility index (Phi) is 7.01. The Labute approximate surface area is 142 Å². The molecule has 0 N–H and O–H groups in total. The molecule has 2 aromatic carbocycles. The molecule has 0 aliphatic heterocycles. The van der Waals surface area contributed by atoms with Gasteiger partial charge in [0.1, 0.15) is 5.75 Å². The van der Waals surface area contributed by atoms with Crippen LogP contribution in [-0.2, 0) is 16.0 Å². The van der Waals surface area contributed by atoms with Crippen LogP contribution in [-0.4, -0.2) is 25.4 Å². The minimum atomic E-state index is -0.149. The first kappa shape index (κ1) is 17.4. The van der Waals surface area contributed by atoms with Gasteiger partial charge < -0.3 is 9.47 Å². The third-order valence-electron chi connectivity index (χ3n) is 3.46. The SMILES string of the molecule is CCOC(=O)C(CSc1ccc(OC)cc1)Cc1ccccc1. The lowest BCUT2D eigenvalue weighted by molar-refractivity contribution is -0.147. The van der Waals surface area contributed by atoms with Crippen LogP contribution in [0.3, 0.4) is 0 Å². The molecule has 23 heavy (non-hydrogen) atoms. The van der Waals surface area contributed by atoms with Crippen LogP contribution in [0.2, 0.25) is 0 Å². The van der Waals surface area contributed by atoms with E-state index >= 15 is 0 Å². The highest BCUT2D eigenvalue weighted by Crippen LogP contribution is 2.25. The fourth-order valence-electron chi connectivity index (χ4n) is 2.24. The van der Waals surface area contributed by atoms with Crippen LogP contribution in [0.4, 0.5) is 0 Å². The lowest BCUT2D eigenvalue weighted by Crippen LogP contribution is -2.22. The minimum absolute atomic E-state index is 0.127. The van der Waals surface area contributed by atoms with Gasteiger partial charge in [0.2, 0.25) is 0 Å². The van der Waals surface area contributed by atoms with Crippen molar-refractivity contribution in [2.75, 3.05) is 19.5 Å². The first-order chi connectivity index (χ1) is 11.2. The first-order valence-electron chi connectivity index (χ1n) is 7.70. The summed E-state index contributed by atoms with van der Waals surface area (Å²) in [5.41, 5.74) is 1.15. The number of esters is 1. The summed E-state index contributed by atoms with van der Waals surface area (Å²) >= 11 is 1.66. The molecule has 0 spiro atoms. The summed E-state index contributed by atoms with van der Waals surface area (Å²) in [4.78, 5) is 13.3. The summed E-state index contributed by atoms with van der Waals surface area (Å²) in [7, 11) is 1.65. The maximum atomic E-state index is 12.2. The second-order valence-electron chi connectivity index (χ2n) is 5.13. The van der Waals surface area contributed by atoms with Crippen molar-refractivity contribution in [2.45, 2.75) is 18.2 Å². The van der Waals surface area contributed by atoms with Crippen molar-refractivity contribution in [3.63, 3.8) is 0 Å². The van der Waals surface area contributed by atoms with E-state index in [-0.39, 0.29) is 11.9 Å². The Bertz CT molecular complexity index is 596. The van der Waals surface area contributed by atoms with Gasteiger partial charge >= 0.3 is 5.97 Å². The number of hydrogen-bond acceptors (Lipinski definition) is 4. The summed E-state index contributed by atoms with van der Waals surface area (Å²) < 4.78 is 10.4. The van der Waals surface area contributed by atoms with Gasteiger partial charge in [0.15, 0.2) is 0 Å². The Morgan fingerprint density at radius 1 is 1.09 bits per heavy atom. The molecule has 2 aromatic rings.